The molecule has 26 heteroatoms. The number of nitrogens with zero attached hydrogens (tertiary/aromatic N) is 6. The molecule has 3 aliphatic rings. The van der Waals surface area contributed by atoms with Crippen LogP contribution in [-0.4, -0.2) is 110 Å². The molecule has 3 aromatic heterocycles. The van der Waals surface area contributed by atoms with Crippen LogP contribution in [0.1, 0.15) is 6.23 Å². The fourth-order valence-corrected chi connectivity index (χ4v) is 8.74. The first-order valence-electron chi connectivity index (χ1n) is 13.6. The zero-order valence-corrected chi connectivity index (χ0v) is 28.0. The van der Waals surface area contributed by atoms with Crippen LogP contribution < -0.4 is 27.5 Å². The van der Waals surface area contributed by atoms with Crippen molar-refractivity contribution in [1.29, 1.82) is 0 Å². The Labute approximate surface area is 277 Å². The van der Waals surface area contributed by atoms with Crippen molar-refractivity contribution in [3.63, 3.8) is 0 Å². The van der Waals surface area contributed by atoms with Gasteiger partial charge in [-0.2, -0.15) is 9.97 Å². The van der Waals surface area contributed by atoms with Crippen molar-refractivity contribution in [1.82, 2.24) is 29.5 Å². The van der Waals surface area contributed by atoms with Gasteiger partial charge in [0.1, 0.15) is 36.6 Å². The second-order valence-electron chi connectivity index (χ2n) is 10.5. The number of aromatic amines is 2. The van der Waals surface area contributed by atoms with Crippen LogP contribution in [0.4, 0.5) is 23.4 Å². The van der Waals surface area contributed by atoms with Crippen LogP contribution in [-0.2, 0) is 36.7 Å². The molecule has 0 bridgehead atoms. The van der Waals surface area contributed by atoms with Crippen LogP contribution in [0.3, 0.4) is 0 Å². The third-order valence-corrected chi connectivity index (χ3v) is 11.7. The van der Waals surface area contributed by atoms with Crippen LogP contribution in [0.2, 0.25) is 0 Å². The maximum Gasteiger partial charge on any atom is 0.418 e. The van der Waals surface area contributed by atoms with Crippen molar-refractivity contribution in [2.75, 3.05) is 36.6 Å². The third kappa shape index (κ3) is 6.31. The highest BCUT2D eigenvalue weighted by Gasteiger charge is 2.54. The van der Waals surface area contributed by atoms with Gasteiger partial charge < -0.3 is 36.1 Å². The molecule has 0 aromatic carbocycles. The molecule has 0 spiro atoms. The number of likely N-dealkylation sites (N-methyl/N-ethyl adjacent to an activating group) is 1. The van der Waals surface area contributed by atoms with E-state index in [4.69, 9.17) is 44.7 Å². The summed E-state index contributed by atoms with van der Waals surface area (Å²) in [5.41, 5.74) is 15.3. The summed E-state index contributed by atoms with van der Waals surface area (Å²) < 4.78 is 62.8. The fraction of sp³-hybridized carbons (Fsp3) is 0.500. The minimum absolute atomic E-state index is 0.0529. The van der Waals surface area contributed by atoms with Gasteiger partial charge in [-0.05, 0) is 17.5 Å². The number of thiol groups is 1. The van der Waals surface area contributed by atoms with Crippen molar-refractivity contribution in [2.24, 2.45) is 4.99 Å². The van der Waals surface area contributed by atoms with E-state index >= 15 is 0 Å². The molecule has 3 fully saturated rings. The number of anilines is 3. The number of imidazole rings is 1. The van der Waals surface area contributed by atoms with Gasteiger partial charge in [0.05, 0.1) is 19.5 Å². The van der Waals surface area contributed by atoms with E-state index in [0.717, 1.165) is 6.33 Å². The molecule has 10 atom stereocenters. The number of aromatic nitrogens is 6. The molecule has 48 heavy (non-hydrogen) atoms. The van der Waals surface area contributed by atoms with Crippen molar-refractivity contribution in [3.8, 4) is 5.69 Å². The van der Waals surface area contributed by atoms with E-state index in [2.05, 4.69) is 48.9 Å². The van der Waals surface area contributed by atoms with Crippen molar-refractivity contribution in [2.45, 2.75) is 49.1 Å². The Morgan fingerprint density at radius 2 is 1.73 bits per heavy atom. The molecule has 0 unspecified atom stereocenters. The molecule has 3 aliphatic heterocycles. The molecular formula is C22H28N10O12P2S2. The smallest absolute Gasteiger partial charge is 0.386 e. The van der Waals surface area contributed by atoms with Crippen molar-refractivity contribution >= 4 is 77.9 Å². The van der Waals surface area contributed by atoms with E-state index < -0.39 is 87.0 Å². The molecule has 3 aromatic rings. The Balaban J connectivity index is 1.30. The number of nitrogens with two attached hydrogens (primary N) is 2. The summed E-state index contributed by atoms with van der Waals surface area (Å²) in [6.45, 7) is -6.70. The summed E-state index contributed by atoms with van der Waals surface area (Å²) in [4.78, 5) is 46.2. The lowest BCUT2D eigenvalue weighted by atomic mass is 10.1. The van der Waals surface area contributed by atoms with Crippen LogP contribution in [0.5, 0.6) is 0 Å². The van der Waals surface area contributed by atoms with Gasteiger partial charge in [-0.1, -0.05) is 17.9 Å². The van der Waals surface area contributed by atoms with Gasteiger partial charge in [0.15, 0.2) is 35.1 Å². The molecule has 0 aliphatic carbocycles. The lowest BCUT2D eigenvalue weighted by Gasteiger charge is -2.29. The van der Waals surface area contributed by atoms with Crippen molar-refractivity contribution in [3.05, 3.63) is 27.0 Å². The summed E-state index contributed by atoms with van der Waals surface area (Å²) in [7, 11) is 1.58. The maximum absolute atomic E-state index is 13.8. The molecule has 8 N–H and O–H groups in total. The number of hydrogen-bond acceptors (Lipinski definition) is 19. The van der Waals surface area contributed by atoms with E-state index in [-0.39, 0.29) is 45.4 Å². The predicted octanol–water partition coefficient (Wildman–Crippen LogP) is -0.535. The lowest BCUT2D eigenvalue weighted by molar-refractivity contribution is -0.0526. The van der Waals surface area contributed by atoms with Gasteiger partial charge in [0.25, 0.3) is 11.1 Å². The van der Waals surface area contributed by atoms with Crippen molar-refractivity contribution < 1.29 is 46.9 Å². The minimum Gasteiger partial charge on any atom is -0.386 e. The van der Waals surface area contributed by atoms with E-state index in [9.17, 15) is 28.9 Å². The predicted molar refractivity (Wildman–Crippen MR) is 172 cm³/mol. The molecular weight excluding hydrogens is 722 g/mol. The molecule has 6 rings (SSSR count). The minimum atomic E-state index is -4.39. The van der Waals surface area contributed by atoms with Gasteiger partial charge in [-0.3, -0.25) is 47.2 Å². The second-order valence-corrected chi connectivity index (χ2v) is 17.0. The number of fused-ring (bicyclic) bond motifs is 3. The SMILES string of the molecule is C#S[P@]1(=O)OC[C@H]2O[C@@H](n3cnc4c(=O)[nH]c(N)nc43)[C@H](O)[C@@H]2O[P@](=O)(S)OC[C@H]2O[C@@H](N(C)c3nc(N)[nH]c(=O)c3N=C)[C@H](O)[C@@H]2O1. The van der Waals surface area contributed by atoms with Crippen LogP contribution in [0.25, 0.3) is 11.2 Å². The maximum atomic E-state index is 13.8. The zero-order chi connectivity index (χ0) is 34.7. The Kier molecular flexibility index (Phi) is 9.32. The van der Waals surface area contributed by atoms with Gasteiger partial charge in [0.2, 0.25) is 11.9 Å². The monoisotopic (exact) mass is 750 g/mol. The quantitative estimate of drug-likeness (QED) is 0.100. The molecule has 6 heterocycles. The Bertz CT molecular complexity index is 2020. The molecule has 0 radical (unpaired) electrons. The standard InChI is InChI=1S/C22H28N10O12P2S2/c1-25-9-15(27-21(23)29-17(9)35)31(2)19-11(33)14-7(41-19)4-39-45(37,47)43-13-8(5-40-46(38,44-14)48-3)42-20(12(13)34)32-6-26-10-16(32)28-22(24)30-18(10)36/h3,6-8,11-14,19-20,33-34H,1,4-5H2,2H3,(H,37,47)(H3,23,27,29,35)(H3,24,28,30,36)/t7-,8-,11-,12-,13-,14-,19-,20-,45-,46-/m1/s1. The Hall–Kier alpha value is -3.21. The average Bonchev–Trinajstić information content (AvgIpc) is 3.67. The van der Waals surface area contributed by atoms with Crippen LogP contribution in [0, 0.1) is 5.69 Å². The number of aliphatic hydroxyl groups excluding tert-OH is 2. The molecule has 0 amide bonds. The lowest BCUT2D eigenvalue weighted by Crippen LogP contribution is -2.43. The Morgan fingerprint density at radius 3 is 2.44 bits per heavy atom. The number of aliphatic hydroxyl groups is 2. The number of nitrogen functional groups attached to an aromatic ring is 2. The molecule has 0 saturated carbocycles. The summed E-state index contributed by atoms with van der Waals surface area (Å²) in [5, 5.41) is 22.6. The zero-order valence-electron chi connectivity index (χ0n) is 24.5. The summed E-state index contributed by atoms with van der Waals surface area (Å²) in [6, 6.07) is 0. The number of ether oxygens (including phenoxy) is 2. The third-order valence-electron chi connectivity index (χ3n) is 7.55. The largest absolute Gasteiger partial charge is 0.418 e. The number of aliphatic imine (C=N–C) groups is 1. The fourth-order valence-electron chi connectivity index (χ4n) is 5.38. The van der Waals surface area contributed by atoms with Gasteiger partial charge in [0, 0.05) is 7.05 Å². The van der Waals surface area contributed by atoms with E-state index in [0.29, 0.717) is 0 Å². The first kappa shape index (κ1) is 34.6. The topological polar surface area (TPSA) is 307 Å². The van der Waals surface area contributed by atoms with Gasteiger partial charge >= 0.3 is 13.6 Å². The average molecular weight is 751 g/mol. The molecule has 260 valence electrons. The molecule has 22 nitrogen and oxygen atoms in total. The Morgan fingerprint density at radius 1 is 1.08 bits per heavy atom. The van der Waals surface area contributed by atoms with Crippen LogP contribution >= 0.6 is 36.6 Å². The first-order chi connectivity index (χ1) is 22.6. The van der Waals surface area contributed by atoms with E-state index in [1.807, 2.05) is 0 Å². The number of H-pyrrole nitrogens is 2. The van der Waals surface area contributed by atoms with Gasteiger partial charge in [-0.15, -0.1) is 0 Å². The highest BCUT2D eigenvalue weighted by atomic mass is 32.7. The number of rotatable bonds is 4. The van der Waals surface area contributed by atoms with E-state index in [1.54, 1.807) is 0 Å². The number of hydrogen-bond donors (Lipinski definition) is 7. The van der Waals surface area contributed by atoms with Crippen LogP contribution in [0.15, 0.2) is 20.9 Å². The second kappa shape index (κ2) is 12.9. The summed E-state index contributed by atoms with van der Waals surface area (Å²) >= 11 is 4.05. The highest BCUT2D eigenvalue weighted by molar-refractivity contribution is 8.48. The summed E-state index contributed by atoms with van der Waals surface area (Å²) in [5.74, 6) is -0.643. The first-order valence-corrected chi connectivity index (χ1v) is 19.3. The summed E-state index contributed by atoms with van der Waals surface area (Å²) in [6.07, 6.45) is -10.6. The molecule has 3 saturated heterocycles. The van der Waals surface area contributed by atoms with Gasteiger partial charge in [-0.25, -0.2) is 14.1 Å². The normalized spacial score (nSPS) is 35.6. The highest BCUT2D eigenvalue weighted by Crippen LogP contribution is 2.60. The number of nitrogens with one attached hydrogen (secondary N) is 2. The van der Waals surface area contributed by atoms with E-state index in [1.165, 1.54) is 16.5 Å².